The van der Waals surface area contributed by atoms with Gasteiger partial charge in [0.05, 0.1) is 7.11 Å². The number of rotatable bonds is 5. The molecule has 2 aromatic carbocycles. The molecule has 106 valence electrons. The zero-order valence-electron chi connectivity index (χ0n) is 11.5. The highest BCUT2D eigenvalue weighted by Crippen LogP contribution is 2.24. The molecule has 4 heteroatoms. The van der Waals surface area contributed by atoms with Gasteiger partial charge < -0.3 is 9.47 Å². The number of halogens is 2. The number of ether oxygens (including phenoxy) is 2. The van der Waals surface area contributed by atoms with E-state index in [9.17, 15) is 4.39 Å². The van der Waals surface area contributed by atoms with Gasteiger partial charge in [0, 0.05) is 22.5 Å². The summed E-state index contributed by atoms with van der Waals surface area (Å²) in [5.74, 6) is 0.947. The first kappa shape index (κ1) is 14.9. The van der Waals surface area contributed by atoms with Gasteiger partial charge in [-0.05, 0) is 25.1 Å². The first-order valence-corrected chi connectivity index (χ1v) is 7.37. The first-order chi connectivity index (χ1) is 9.63. The van der Waals surface area contributed by atoms with Crippen molar-refractivity contribution in [2.24, 2.45) is 0 Å². The van der Waals surface area contributed by atoms with Gasteiger partial charge in [0.15, 0.2) is 0 Å². The van der Waals surface area contributed by atoms with Gasteiger partial charge in [-0.1, -0.05) is 33.6 Å². The summed E-state index contributed by atoms with van der Waals surface area (Å²) in [7, 11) is 1.51. The van der Waals surface area contributed by atoms with E-state index >= 15 is 0 Å². The molecular weight excluding hydrogens is 323 g/mol. The fourth-order valence-corrected chi connectivity index (χ4v) is 2.32. The van der Waals surface area contributed by atoms with Gasteiger partial charge in [0.1, 0.15) is 23.9 Å². The molecule has 0 fully saturated rings. The number of hydrogen-bond acceptors (Lipinski definition) is 2. The van der Waals surface area contributed by atoms with E-state index in [1.807, 2.05) is 19.1 Å². The lowest BCUT2D eigenvalue weighted by Crippen LogP contribution is -2.01. The van der Waals surface area contributed by atoms with Crippen molar-refractivity contribution in [3.8, 4) is 11.5 Å². The first-order valence-electron chi connectivity index (χ1n) is 6.24. The zero-order chi connectivity index (χ0) is 14.5. The SMILES string of the molecule is COc1ccc(COc2ccc(C)cc2CBr)c(F)c1. The van der Waals surface area contributed by atoms with Gasteiger partial charge in [0.2, 0.25) is 0 Å². The minimum absolute atomic E-state index is 0.193. The fourth-order valence-electron chi connectivity index (χ4n) is 1.88. The van der Waals surface area contributed by atoms with Crippen LogP contribution < -0.4 is 9.47 Å². The van der Waals surface area contributed by atoms with Crippen LogP contribution in [0.4, 0.5) is 4.39 Å². The maximum atomic E-state index is 13.8. The summed E-state index contributed by atoms with van der Waals surface area (Å²) in [5.41, 5.74) is 2.73. The number of hydrogen-bond donors (Lipinski definition) is 0. The van der Waals surface area contributed by atoms with Crippen LogP contribution >= 0.6 is 15.9 Å². The molecule has 0 spiro atoms. The molecule has 0 amide bonds. The molecule has 0 heterocycles. The average Bonchev–Trinajstić information content (AvgIpc) is 2.46. The summed E-state index contributed by atoms with van der Waals surface area (Å²) in [4.78, 5) is 0. The Morgan fingerprint density at radius 2 is 1.90 bits per heavy atom. The van der Waals surface area contributed by atoms with E-state index in [1.165, 1.54) is 18.7 Å². The number of alkyl halides is 1. The molecule has 0 N–H and O–H groups in total. The van der Waals surface area contributed by atoms with Crippen molar-refractivity contribution in [3.05, 3.63) is 58.9 Å². The van der Waals surface area contributed by atoms with Crippen LogP contribution in [0.25, 0.3) is 0 Å². The standard InChI is InChI=1S/C16H16BrFO2/c1-11-3-6-16(13(7-11)9-17)20-10-12-4-5-14(19-2)8-15(12)18/h3-8H,9-10H2,1-2H3. The van der Waals surface area contributed by atoms with Gasteiger partial charge in [-0.2, -0.15) is 0 Å². The lowest BCUT2D eigenvalue weighted by atomic mass is 10.1. The Labute approximate surface area is 126 Å². The largest absolute Gasteiger partial charge is 0.497 e. The van der Waals surface area contributed by atoms with Crippen LogP contribution in [-0.2, 0) is 11.9 Å². The summed E-state index contributed by atoms with van der Waals surface area (Å²) < 4.78 is 24.5. The highest BCUT2D eigenvalue weighted by Gasteiger charge is 2.07. The van der Waals surface area contributed by atoms with E-state index in [1.54, 1.807) is 12.1 Å². The van der Waals surface area contributed by atoms with Gasteiger partial charge in [-0.3, -0.25) is 0 Å². The molecule has 2 aromatic rings. The molecule has 0 aliphatic rings. The van der Waals surface area contributed by atoms with Crippen LogP contribution in [0.2, 0.25) is 0 Å². The third-order valence-corrected chi connectivity index (χ3v) is 3.61. The third kappa shape index (κ3) is 3.51. The number of aryl methyl sites for hydroxylation is 1. The Kier molecular flexibility index (Phi) is 5.01. The second kappa shape index (κ2) is 6.75. The Morgan fingerprint density at radius 3 is 2.55 bits per heavy atom. The van der Waals surface area contributed by atoms with Gasteiger partial charge >= 0.3 is 0 Å². The summed E-state index contributed by atoms with van der Waals surface area (Å²) in [6.45, 7) is 2.22. The van der Waals surface area contributed by atoms with Crippen LogP contribution in [-0.4, -0.2) is 7.11 Å². The summed E-state index contributed by atoms with van der Waals surface area (Å²) in [6.07, 6.45) is 0. The third-order valence-electron chi connectivity index (χ3n) is 3.00. The van der Waals surface area contributed by atoms with Gasteiger partial charge in [-0.15, -0.1) is 0 Å². The topological polar surface area (TPSA) is 18.5 Å². The molecule has 0 radical (unpaired) electrons. The van der Waals surface area contributed by atoms with Crippen molar-refractivity contribution >= 4 is 15.9 Å². The van der Waals surface area contributed by atoms with E-state index in [4.69, 9.17) is 9.47 Å². The molecule has 20 heavy (non-hydrogen) atoms. The van der Waals surface area contributed by atoms with Crippen LogP contribution in [0.5, 0.6) is 11.5 Å². The second-order valence-corrected chi connectivity index (χ2v) is 5.05. The van der Waals surface area contributed by atoms with Crippen LogP contribution in [0.3, 0.4) is 0 Å². The Hall–Kier alpha value is -1.55. The lowest BCUT2D eigenvalue weighted by molar-refractivity contribution is 0.297. The maximum absolute atomic E-state index is 13.8. The molecule has 0 saturated carbocycles. The Morgan fingerprint density at radius 1 is 1.10 bits per heavy atom. The average molecular weight is 339 g/mol. The molecule has 2 nitrogen and oxygen atoms in total. The molecule has 0 aliphatic carbocycles. The minimum atomic E-state index is -0.322. The van der Waals surface area contributed by atoms with Crippen molar-refractivity contribution in [1.29, 1.82) is 0 Å². The van der Waals surface area contributed by atoms with Crippen molar-refractivity contribution in [2.45, 2.75) is 18.9 Å². The van der Waals surface area contributed by atoms with Crippen molar-refractivity contribution in [1.82, 2.24) is 0 Å². The molecule has 0 atom stereocenters. The molecule has 2 rings (SSSR count). The van der Waals surface area contributed by atoms with Crippen molar-refractivity contribution in [3.63, 3.8) is 0 Å². The molecule has 0 aromatic heterocycles. The predicted molar refractivity (Wildman–Crippen MR) is 81.1 cm³/mol. The number of benzene rings is 2. The zero-order valence-corrected chi connectivity index (χ0v) is 13.0. The van der Waals surface area contributed by atoms with Gasteiger partial charge in [0.25, 0.3) is 0 Å². The van der Waals surface area contributed by atoms with E-state index in [-0.39, 0.29) is 12.4 Å². The smallest absolute Gasteiger partial charge is 0.133 e. The van der Waals surface area contributed by atoms with Crippen LogP contribution in [0.15, 0.2) is 36.4 Å². The quantitative estimate of drug-likeness (QED) is 0.741. The van der Waals surface area contributed by atoms with Crippen LogP contribution in [0, 0.1) is 12.7 Å². The predicted octanol–water partition coefficient (Wildman–Crippen LogP) is 4.62. The molecule has 0 saturated heterocycles. The summed E-state index contributed by atoms with van der Waals surface area (Å²) in [5, 5.41) is 0.703. The minimum Gasteiger partial charge on any atom is -0.497 e. The van der Waals surface area contributed by atoms with E-state index in [2.05, 4.69) is 22.0 Å². The Balaban J connectivity index is 2.12. The molecule has 0 unspecified atom stereocenters. The monoisotopic (exact) mass is 338 g/mol. The Bertz CT molecular complexity index is 599. The lowest BCUT2D eigenvalue weighted by Gasteiger charge is -2.12. The van der Waals surface area contributed by atoms with Crippen LogP contribution in [0.1, 0.15) is 16.7 Å². The van der Waals surface area contributed by atoms with Gasteiger partial charge in [-0.25, -0.2) is 4.39 Å². The van der Waals surface area contributed by atoms with E-state index in [0.29, 0.717) is 16.6 Å². The maximum Gasteiger partial charge on any atom is 0.133 e. The highest BCUT2D eigenvalue weighted by atomic mass is 79.9. The van der Waals surface area contributed by atoms with E-state index < -0.39 is 0 Å². The van der Waals surface area contributed by atoms with E-state index in [0.717, 1.165) is 11.3 Å². The van der Waals surface area contributed by atoms with Crippen molar-refractivity contribution < 1.29 is 13.9 Å². The highest BCUT2D eigenvalue weighted by molar-refractivity contribution is 9.08. The molecule has 0 aliphatic heterocycles. The number of methoxy groups -OCH3 is 1. The second-order valence-electron chi connectivity index (χ2n) is 4.49. The summed E-state index contributed by atoms with van der Waals surface area (Å²) in [6, 6.07) is 10.7. The molecular formula is C16H16BrFO2. The normalized spacial score (nSPS) is 10.4. The fraction of sp³-hybridized carbons (Fsp3) is 0.250. The summed E-state index contributed by atoms with van der Waals surface area (Å²) >= 11 is 3.43. The van der Waals surface area contributed by atoms with Crippen molar-refractivity contribution in [2.75, 3.05) is 7.11 Å². The molecule has 0 bridgehead atoms.